The van der Waals surface area contributed by atoms with E-state index in [9.17, 15) is 70.6 Å². The Morgan fingerprint density at radius 1 is 0.481 bits per heavy atom. The van der Waals surface area contributed by atoms with E-state index < -0.39 is 167 Å². The molecule has 20 atom stereocenters. The van der Waals surface area contributed by atoms with E-state index >= 15 is 0 Å². The quantitative estimate of drug-likeness (QED) is 0.0823. The van der Waals surface area contributed by atoms with Gasteiger partial charge in [0.1, 0.15) is 97.5 Å². The minimum atomic E-state index is -2.08. The van der Waals surface area contributed by atoms with Crippen LogP contribution in [0.3, 0.4) is 0 Å². The average molecular weight is 790 g/mol. The van der Waals surface area contributed by atoms with Crippen LogP contribution in [0.4, 0.5) is 0 Å². The molecule has 4 aliphatic rings. The zero-order valence-electron chi connectivity index (χ0n) is 29.4. The Labute approximate surface area is 307 Å². The van der Waals surface area contributed by atoms with Gasteiger partial charge in [-0.3, -0.25) is 14.4 Å². The smallest absolute Gasteiger partial charge is 0.217 e. The van der Waals surface area contributed by atoms with Crippen LogP contribution >= 0.6 is 0 Å². The van der Waals surface area contributed by atoms with Crippen molar-refractivity contribution in [1.29, 1.82) is 0 Å². The lowest BCUT2D eigenvalue weighted by atomic mass is 9.94. The third-order valence-electron chi connectivity index (χ3n) is 9.39. The van der Waals surface area contributed by atoms with Crippen LogP contribution in [-0.2, 0) is 47.5 Å². The van der Waals surface area contributed by atoms with Gasteiger partial charge in [0.25, 0.3) is 0 Å². The maximum absolute atomic E-state index is 12.0. The molecule has 0 unspecified atom stereocenters. The molecule has 4 rings (SSSR count). The second-order valence-corrected chi connectivity index (χ2v) is 13.4. The zero-order chi connectivity index (χ0) is 40.2. The van der Waals surface area contributed by atoms with E-state index in [0.29, 0.717) is 0 Å². The molecule has 4 aliphatic heterocycles. The van der Waals surface area contributed by atoms with E-state index in [1.165, 1.54) is 0 Å². The minimum Gasteiger partial charge on any atom is -0.394 e. The molecule has 312 valence electrons. The second kappa shape index (κ2) is 19.2. The monoisotopic (exact) mass is 789 g/mol. The van der Waals surface area contributed by atoms with Gasteiger partial charge in [-0.15, -0.1) is 0 Å². The molecule has 0 aromatic heterocycles. The Bertz CT molecular complexity index is 1250. The van der Waals surface area contributed by atoms with Gasteiger partial charge in [0.15, 0.2) is 25.2 Å². The molecule has 0 aromatic rings. The van der Waals surface area contributed by atoms with Crippen LogP contribution in [0.25, 0.3) is 0 Å². The van der Waals surface area contributed by atoms with E-state index in [-0.39, 0.29) is 0 Å². The number of rotatable bonds is 13. The Morgan fingerprint density at radius 2 is 0.926 bits per heavy atom. The first-order chi connectivity index (χ1) is 25.4. The maximum atomic E-state index is 12.0. The molecule has 0 radical (unpaired) electrons. The fourth-order valence-electron chi connectivity index (χ4n) is 6.65. The van der Waals surface area contributed by atoms with Crippen molar-refractivity contribution in [2.75, 3.05) is 26.4 Å². The van der Waals surface area contributed by atoms with Crippen molar-refractivity contribution in [3.8, 4) is 0 Å². The first-order valence-corrected chi connectivity index (χ1v) is 17.1. The molecule has 0 saturated carbocycles. The summed E-state index contributed by atoms with van der Waals surface area (Å²) in [6, 6.07) is -4.50. The van der Waals surface area contributed by atoms with Gasteiger partial charge in [0.2, 0.25) is 17.7 Å². The predicted molar refractivity (Wildman–Crippen MR) is 169 cm³/mol. The summed E-state index contributed by atoms with van der Waals surface area (Å²) >= 11 is 0. The largest absolute Gasteiger partial charge is 0.394 e. The molecule has 24 nitrogen and oxygen atoms in total. The van der Waals surface area contributed by atoms with Crippen molar-refractivity contribution in [3.63, 3.8) is 0 Å². The maximum Gasteiger partial charge on any atom is 0.217 e. The minimum absolute atomic E-state index is 0.672. The lowest BCUT2D eigenvalue weighted by molar-refractivity contribution is -0.372. The first kappa shape index (κ1) is 44.4. The summed E-state index contributed by atoms with van der Waals surface area (Å²) in [6.45, 7) is 0.00348. The molecule has 0 aromatic carbocycles. The lowest BCUT2D eigenvalue weighted by Crippen LogP contribution is -2.69. The number of hydrogen-bond donors (Lipinski definition) is 14. The summed E-state index contributed by atoms with van der Waals surface area (Å²) in [6.07, 6.45) is -29.6. The Morgan fingerprint density at radius 3 is 1.43 bits per heavy atom. The van der Waals surface area contributed by atoms with Crippen molar-refractivity contribution in [3.05, 3.63) is 0 Å². The fourth-order valence-corrected chi connectivity index (χ4v) is 6.65. The highest BCUT2D eigenvalue weighted by Gasteiger charge is 2.55. The molecule has 4 saturated heterocycles. The number of ether oxygens (including phenoxy) is 7. The molecule has 4 fully saturated rings. The van der Waals surface area contributed by atoms with Crippen molar-refractivity contribution in [1.82, 2.24) is 16.0 Å². The topological polar surface area (TPSA) is 374 Å². The van der Waals surface area contributed by atoms with Crippen LogP contribution in [0.1, 0.15) is 20.8 Å². The zero-order valence-corrected chi connectivity index (χ0v) is 29.4. The number of carbonyl (C=O) groups excluding carboxylic acids is 3. The van der Waals surface area contributed by atoms with Gasteiger partial charge in [-0.1, -0.05) is 0 Å². The highest BCUT2D eigenvalue weighted by Crippen LogP contribution is 2.33. The Hall–Kier alpha value is -2.31. The molecule has 4 heterocycles. The van der Waals surface area contributed by atoms with Crippen LogP contribution in [-0.4, -0.2) is 223 Å². The van der Waals surface area contributed by atoms with E-state index in [4.69, 9.17) is 33.2 Å². The van der Waals surface area contributed by atoms with Crippen LogP contribution in [0.15, 0.2) is 0 Å². The van der Waals surface area contributed by atoms with Gasteiger partial charge < -0.3 is 105 Å². The molecular formula is C30H51N3O21. The molecule has 24 heteroatoms. The number of carbonyl (C=O) groups is 3. The average Bonchev–Trinajstić information content (AvgIpc) is 3.11. The van der Waals surface area contributed by atoms with Gasteiger partial charge in [-0.2, -0.15) is 0 Å². The van der Waals surface area contributed by atoms with Crippen molar-refractivity contribution in [2.24, 2.45) is 0 Å². The van der Waals surface area contributed by atoms with Crippen LogP contribution in [0.5, 0.6) is 0 Å². The second-order valence-electron chi connectivity index (χ2n) is 13.4. The summed E-state index contributed by atoms with van der Waals surface area (Å²) < 4.78 is 39.8. The van der Waals surface area contributed by atoms with E-state index in [0.717, 1.165) is 20.8 Å². The molecular weight excluding hydrogens is 738 g/mol. The number of nitrogens with one attached hydrogen (secondary N) is 3. The van der Waals surface area contributed by atoms with Crippen molar-refractivity contribution < 1.29 is 104 Å². The summed E-state index contributed by atoms with van der Waals surface area (Å²) in [5.41, 5.74) is 0. The fraction of sp³-hybridized carbons (Fsp3) is 0.900. The molecule has 0 bridgehead atoms. The summed E-state index contributed by atoms with van der Waals surface area (Å²) in [5.74, 6) is -2.09. The summed E-state index contributed by atoms with van der Waals surface area (Å²) in [4.78, 5) is 35.7. The SMILES string of the molecule is CC(=O)N[C@@H]1[C@@H](O)[C@H](O[C@@H]2O[C@H](CO[C@@H]3O[C@H](CO)[C@@H](O)[C@H](O)[C@H]3NC(C)=O)[C@H](O)[C@H](O[C@@H]3O[C@H](CO)[C@@H](O)[C@H](O)[C@H]3NC(C)=O)[C@H]2O)[C@@H](CO)O[C@H]1O. The van der Waals surface area contributed by atoms with Crippen LogP contribution < -0.4 is 16.0 Å². The van der Waals surface area contributed by atoms with Gasteiger partial charge in [0.05, 0.1) is 26.4 Å². The molecule has 14 N–H and O–H groups in total. The number of aliphatic hydroxyl groups excluding tert-OH is 11. The normalized spacial score (nSPS) is 45.7. The Kier molecular flexibility index (Phi) is 15.8. The van der Waals surface area contributed by atoms with Crippen LogP contribution in [0.2, 0.25) is 0 Å². The standard InChI is InChI=1S/C30H51N3O21/c1-8(37)31-15-23(45)25(13(6-36)49-27(15)47)53-30-24(46)26(54-29-17(33-10(3)39)22(44)19(41)12(5-35)51-29)20(42)14(52-30)7-48-28-16(32-9(2)38)21(43)18(40)11(4-34)50-28/h11-30,34-36,40-47H,4-7H2,1-3H3,(H,31,37)(H,32,38)(H,33,39)/t11-,12-,13-,14-,15-,16-,17-,18-,19-,20+,21-,22-,23-,24-,25-,26+,27-,28-,29+,30+/m1/s1. The van der Waals surface area contributed by atoms with Gasteiger partial charge in [-0.25, -0.2) is 0 Å². The van der Waals surface area contributed by atoms with Gasteiger partial charge in [0, 0.05) is 20.8 Å². The lowest BCUT2D eigenvalue weighted by Gasteiger charge is -2.49. The predicted octanol–water partition coefficient (Wildman–Crippen LogP) is -9.32. The van der Waals surface area contributed by atoms with E-state index in [1.54, 1.807) is 0 Å². The highest BCUT2D eigenvalue weighted by atomic mass is 16.8. The highest BCUT2D eigenvalue weighted by molar-refractivity contribution is 5.74. The van der Waals surface area contributed by atoms with Crippen molar-refractivity contribution >= 4 is 17.7 Å². The number of aliphatic hydroxyl groups is 11. The van der Waals surface area contributed by atoms with E-state index in [1.807, 2.05) is 0 Å². The third-order valence-corrected chi connectivity index (χ3v) is 9.39. The summed E-state index contributed by atoms with van der Waals surface area (Å²) in [5, 5.41) is 123. The number of amides is 3. The third kappa shape index (κ3) is 9.97. The van der Waals surface area contributed by atoms with Gasteiger partial charge in [-0.05, 0) is 0 Å². The van der Waals surface area contributed by atoms with E-state index in [2.05, 4.69) is 16.0 Å². The van der Waals surface area contributed by atoms with Crippen molar-refractivity contribution in [2.45, 2.75) is 143 Å². The molecule has 0 aliphatic carbocycles. The Balaban J connectivity index is 1.66. The van der Waals surface area contributed by atoms with Crippen LogP contribution in [0, 0.1) is 0 Å². The first-order valence-electron chi connectivity index (χ1n) is 17.1. The molecule has 0 spiro atoms. The molecule has 54 heavy (non-hydrogen) atoms. The van der Waals surface area contributed by atoms with Gasteiger partial charge >= 0.3 is 0 Å². The summed E-state index contributed by atoms with van der Waals surface area (Å²) in [7, 11) is 0. The number of hydrogen-bond acceptors (Lipinski definition) is 21. The molecule has 3 amide bonds.